The molecule has 0 fully saturated rings. The van der Waals surface area contributed by atoms with Crippen LogP contribution in [-0.2, 0) is 10.0 Å². The summed E-state index contributed by atoms with van der Waals surface area (Å²) in [5.41, 5.74) is 1.21. The second kappa shape index (κ2) is 10.2. The third kappa shape index (κ3) is 5.56. The number of carbonyl (C=O) groups excluding carboxylic acids is 1. The van der Waals surface area contributed by atoms with E-state index in [0.29, 0.717) is 11.3 Å². The first-order valence-corrected chi connectivity index (χ1v) is 11.9. The van der Waals surface area contributed by atoms with Crippen LogP contribution in [0, 0.1) is 0 Å². The zero-order valence-corrected chi connectivity index (χ0v) is 19.7. The molecule has 0 bridgehead atoms. The molecule has 0 aliphatic carbocycles. The zero-order chi connectivity index (χ0) is 24.8. The van der Waals surface area contributed by atoms with Crippen molar-refractivity contribution in [3.63, 3.8) is 0 Å². The average molecular weight is 491 g/mol. The van der Waals surface area contributed by atoms with Gasteiger partial charge in [0.25, 0.3) is 10.0 Å². The number of sulfonamides is 1. The summed E-state index contributed by atoms with van der Waals surface area (Å²) < 4.78 is 37.9. The summed E-state index contributed by atoms with van der Waals surface area (Å²) in [4.78, 5) is 20.6. The lowest BCUT2D eigenvalue weighted by Gasteiger charge is -2.10. The number of allylic oxidation sites excluding steroid dienone is 1. The monoisotopic (exact) mass is 490 g/mol. The summed E-state index contributed by atoms with van der Waals surface area (Å²) in [5, 5.41) is 4.85. The maximum Gasteiger partial charge on any atom is 0.321 e. The van der Waals surface area contributed by atoms with Gasteiger partial charge in [0.15, 0.2) is 11.6 Å². The van der Waals surface area contributed by atoms with E-state index in [1.807, 2.05) is 36.4 Å². The van der Waals surface area contributed by atoms with E-state index in [1.165, 1.54) is 44.7 Å². The Morgan fingerprint density at radius 2 is 1.66 bits per heavy atom. The maximum absolute atomic E-state index is 12.7. The molecule has 0 amide bonds. The minimum Gasteiger partial charge on any atom is -0.481 e. The zero-order valence-electron chi connectivity index (χ0n) is 18.9. The van der Waals surface area contributed by atoms with Gasteiger partial charge in [-0.15, -0.1) is 0 Å². The molecule has 10 heteroatoms. The second-order valence-corrected chi connectivity index (χ2v) is 8.96. The van der Waals surface area contributed by atoms with E-state index in [-0.39, 0.29) is 28.4 Å². The van der Waals surface area contributed by atoms with E-state index >= 15 is 0 Å². The fourth-order valence-electron chi connectivity index (χ4n) is 3.32. The summed E-state index contributed by atoms with van der Waals surface area (Å²) in [6.45, 7) is 0. The number of hydrogen-bond donors (Lipinski definition) is 2. The van der Waals surface area contributed by atoms with Crippen molar-refractivity contribution in [3.8, 4) is 11.9 Å². The number of nitrogens with one attached hydrogen (secondary N) is 2. The van der Waals surface area contributed by atoms with Gasteiger partial charge in [0.05, 0.1) is 19.1 Å². The Labute approximate surface area is 202 Å². The molecule has 178 valence electrons. The number of ketones is 1. The maximum atomic E-state index is 12.7. The van der Waals surface area contributed by atoms with Crippen molar-refractivity contribution < 1.29 is 22.7 Å². The molecular weight excluding hydrogens is 468 g/mol. The van der Waals surface area contributed by atoms with Gasteiger partial charge >= 0.3 is 6.01 Å². The second-order valence-electron chi connectivity index (χ2n) is 7.28. The lowest BCUT2D eigenvalue weighted by Crippen LogP contribution is -2.14. The molecule has 2 N–H and O–H groups in total. The Morgan fingerprint density at radius 1 is 0.914 bits per heavy atom. The number of ether oxygens (including phenoxy) is 2. The topological polar surface area (TPSA) is 120 Å². The van der Waals surface area contributed by atoms with Crippen molar-refractivity contribution in [3.05, 3.63) is 90.6 Å². The average Bonchev–Trinajstić information content (AvgIpc) is 2.88. The minimum absolute atomic E-state index is 0.00535. The molecule has 1 aromatic heterocycles. The van der Waals surface area contributed by atoms with Gasteiger partial charge in [-0.05, 0) is 35.0 Å². The van der Waals surface area contributed by atoms with Crippen LogP contribution < -0.4 is 19.5 Å². The third-order valence-corrected chi connectivity index (χ3v) is 6.39. The highest BCUT2D eigenvalue weighted by atomic mass is 32.2. The number of fused-ring (bicyclic) bond motifs is 1. The highest BCUT2D eigenvalue weighted by Gasteiger charge is 2.17. The quantitative estimate of drug-likeness (QED) is 0.264. The molecule has 0 spiro atoms. The molecule has 0 aliphatic rings. The van der Waals surface area contributed by atoms with E-state index in [1.54, 1.807) is 18.2 Å². The normalized spacial score (nSPS) is 11.4. The van der Waals surface area contributed by atoms with Gasteiger partial charge in [0.1, 0.15) is 0 Å². The number of aromatic nitrogens is 2. The molecule has 0 atom stereocenters. The fourth-order valence-corrected chi connectivity index (χ4v) is 4.31. The van der Waals surface area contributed by atoms with E-state index in [9.17, 15) is 13.2 Å². The standard InChI is InChI=1S/C25H22N4O5S/c1-33-24-16-23(27-25(28-24)34-2)29-35(31,32)19-12-10-18(11-13-19)26-15-14-22(30)21-9-5-7-17-6-3-4-8-20(17)21/h3-16,26H,1-2H3,(H,27,28,29)/b15-14-. The number of hydrogen-bond acceptors (Lipinski definition) is 8. The minimum atomic E-state index is -3.92. The van der Waals surface area contributed by atoms with Crippen LogP contribution in [0.25, 0.3) is 10.8 Å². The van der Waals surface area contributed by atoms with Crippen LogP contribution in [0.2, 0.25) is 0 Å². The first kappa shape index (κ1) is 23.7. The molecule has 0 saturated heterocycles. The molecule has 4 aromatic rings. The summed E-state index contributed by atoms with van der Waals surface area (Å²) in [5.74, 6) is 0.0121. The van der Waals surface area contributed by atoms with E-state index in [0.717, 1.165) is 10.8 Å². The largest absolute Gasteiger partial charge is 0.481 e. The summed E-state index contributed by atoms with van der Waals surface area (Å²) >= 11 is 0. The highest BCUT2D eigenvalue weighted by molar-refractivity contribution is 7.92. The van der Waals surface area contributed by atoms with Crippen LogP contribution >= 0.6 is 0 Å². The fraction of sp³-hybridized carbons (Fsp3) is 0.0800. The van der Waals surface area contributed by atoms with Crippen molar-refractivity contribution in [2.75, 3.05) is 24.3 Å². The number of carbonyl (C=O) groups is 1. The number of benzene rings is 3. The lowest BCUT2D eigenvalue weighted by atomic mass is 10.0. The molecule has 3 aromatic carbocycles. The summed E-state index contributed by atoms with van der Waals surface area (Å²) in [7, 11) is -1.16. The van der Waals surface area contributed by atoms with Crippen molar-refractivity contribution in [2.45, 2.75) is 4.90 Å². The number of rotatable bonds is 9. The van der Waals surface area contributed by atoms with Crippen molar-refractivity contribution in [1.82, 2.24) is 9.97 Å². The molecule has 0 unspecified atom stereocenters. The molecule has 1 heterocycles. The van der Waals surface area contributed by atoms with Gasteiger partial charge in [-0.1, -0.05) is 42.5 Å². The first-order valence-electron chi connectivity index (χ1n) is 10.4. The Morgan fingerprint density at radius 3 is 2.40 bits per heavy atom. The molecule has 35 heavy (non-hydrogen) atoms. The number of methoxy groups -OCH3 is 2. The van der Waals surface area contributed by atoms with Gasteiger partial charge in [-0.25, -0.2) is 8.42 Å². The van der Waals surface area contributed by atoms with Crippen LogP contribution in [-0.4, -0.2) is 38.4 Å². The summed E-state index contributed by atoms with van der Waals surface area (Å²) in [6, 6.07) is 20.6. The molecule has 9 nitrogen and oxygen atoms in total. The third-order valence-electron chi connectivity index (χ3n) is 5.02. The smallest absolute Gasteiger partial charge is 0.321 e. The van der Waals surface area contributed by atoms with Gasteiger partial charge in [-0.3, -0.25) is 9.52 Å². The van der Waals surface area contributed by atoms with Crippen LogP contribution in [0.1, 0.15) is 10.4 Å². The van der Waals surface area contributed by atoms with Gasteiger partial charge < -0.3 is 14.8 Å². The Kier molecular flexibility index (Phi) is 6.93. The predicted molar refractivity (Wildman–Crippen MR) is 133 cm³/mol. The number of anilines is 2. The first-order chi connectivity index (χ1) is 16.9. The van der Waals surface area contributed by atoms with E-state index in [2.05, 4.69) is 20.0 Å². The van der Waals surface area contributed by atoms with E-state index in [4.69, 9.17) is 9.47 Å². The molecule has 0 aliphatic heterocycles. The molecule has 0 radical (unpaired) electrons. The van der Waals surface area contributed by atoms with Crippen LogP contribution in [0.5, 0.6) is 11.9 Å². The van der Waals surface area contributed by atoms with Gasteiger partial charge in [-0.2, -0.15) is 9.97 Å². The predicted octanol–water partition coefficient (Wildman–Crippen LogP) is 4.26. The van der Waals surface area contributed by atoms with Crippen molar-refractivity contribution in [2.24, 2.45) is 0 Å². The van der Waals surface area contributed by atoms with Crippen molar-refractivity contribution in [1.29, 1.82) is 0 Å². The van der Waals surface area contributed by atoms with Gasteiger partial charge in [0, 0.05) is 29.6 Å². The summed E-state index contributed by atoms with van der Waals surface area (Å²) in [6.07, 6.45) is 2.95. The molecular formula is C25H22N4O5S. The SMILES string of the molecule is COc1cc(NS(=O)(=O)c2ccc(N/C=C\C(=O)c3cccc4ccccc34)cc2)nc(OC)n1. The Hall–Kier alpha value is -4.44. The van der Waals surface area contributed by atoms with E-state index < -0.39 is 10.0 Å². The lowest BCUT2D eigenvalue weighted by molar-refractivity contribution is 0.104. The Bertz CT molecular complexity index is 1470. The highest BCUT2D eigenvalue weighted by Crippen LogP contribution is 2.22. The van der Waals surface area contributed by atoms with Crippen molar-refractivity contribution >= 4 is 38.1 Å². The van der Waals surface area contributed by atoms with Crippen LogP contribution in [0.15, 0.2) is 90.0 Å². The van der Waals surface area contributed by atoms with Gasteiger partial charge in [0.2, 0.25) is 5.88 Å². The van der Waals surface area contributed by atoms with Crippen LogP contribution in [0.4, 0.5) is 11.5 Å². The molecule has 4 rings (SSSR count). The number of nitrogens with zero attached hydrogens (tertiary/aromatic N) is 2. The molecule has 0 saturated carbocycles. The Balaban J connectivity index is 1.44. The van der Waals surface area contributed by atoms with Crippen LogP contribution in [0.3, 0.4) is 0 Å².